The van der Waals surface area contributed by atoms with Gasteiger partial charge in [-0.05, 0) is 24.8 Å². The Balaban J connectivity index is 0.00000180. The number of hydrogen-bond donors (Lipinski definition) is 3. The number of nitrogens with one attached hydrogen (secondary N) is 2. The first-order valence-electron chi connectivity index (χ1n) is 6.48. The number of aliphatic hydroxyl groups excluding tert-OH is 1. The third-order valence-electron chi connectivity index (χ3n) is 3.08. The summed E-state index contributed by atoms with van der Waals surface area (Å²) in [6, 6.07) is 10.2. The maximum atomic E-state index is 11.8. The molecule has 0 aromatic heterocycles. The minimum Gasteiger partial charge on any atom is -0.396 e. The van der Waals surface area contributed by atoms with Gasteiger partial charge in [0, 0.05) is 12.6 Å². The van der Waals surface area contributed by atoms with Crippen LogP contribution in [0.4, 0.5) is 0 Å². The largest absolute Gasteiger partial charge is 0.396 e. The molecular formula is C14H21ClN2O2. The number of hydrogen-bond acceptors (Lipinski definition) is 3. The molecule has 4 nitrogen and oxygen atoms in total. The van der Waals surface area contributed by atoms with Crippen LogP contribution in [0.15, 0.2) is 30.3 Å². The van der Waals surface area contributed by atoms with Gasteiger partial charge in [0.25, 0.3) is 0 Å². The summed E-state index contributed by atoms with van der Waals surface area (Å²) in [5, 5.41) is 15.2. The van der Waals surface area contributed by atoms with E-state index in [-0.39, 0.29) is 31.0 Å². The number of amides is 1. The molecule has 1 aromatic carbocycles. The van der Waals surface area contributed by atoms with E-state index in [2.05, 4.69) is 10.6 Å². The number of carbonyl (C=O) groups excluding carboxylic acids is 1. The molecule has 1 aromatic rings. The average molecular weight is 285 g/mol. The Morgan fingerprint density at radius 1 is 1.32 bits per heavy atom. The Hall–Kier alpha value is -1.10. The zero-order valence-electron chi connectivity index (χ0n) is 10.8. The molecule has 0 radical (unpaired) electrons. The van der Waals surface area contributed by atoms with Crippen LogP contribution in [0, 0.1) is 0 Å². The van der Waals surface area contributed by atoms with E-state index in [0.717, 1.165) is 5.56 Å². The first kappa shape index (κ1) is 16.0. The van der Waals surface area contributed by atoms with Crippen molar-refractivity contribution in [2.45, 2.75) is 31.3 Å². The Labute approximate surface area is 120 Å². The molecular weight excluding hydrogens is 264 g/mol. The lowest BCUT2D eigenvalue weighted by molar-refractivity contribution is -0.121. The summed E-state index contributed by atoms with van der Waals surface area (Å²) in [7, 11) is 0. The van der Waals surface area contributed by atoms with E-state index in [0.29, 0.717) is 19.0 Å². The van der Waals surface area contributed by atoms with Crippen molar-refractivity contribution >= 4 is 18.3 Å². The molecule has 19 heavy (non-hydrogen) atoms. The standard InChI is InChI=1S/C14H20N2O2.ClH/c17-9-8-13(11-4-2-1-3-5-11)16-14(18)10-15-12-6-7-12;/h1-5,12-13,15,17H,6-10H2,(H,16,18);1H. The molecule has 1 unspecified atom stereocenters. The van der Waals surface area contributed by atoms with Gasteiger partial charge in [0.1, 0.15) is 0 Å². The zero-order chi connectivity index (χ0) is 12.8. The van der Waals surface area contributed by atoms with Crippen molar-refractivity contribution in [3.8, 4) is 0 Å². The van der Waals surface area contributed by atoms with Crippen LogP contribution in [0.5, 0.6) is 0 Å². The molecule has 1 fully saturated rings. The molecule has 1 aliphatic rings. The third kappa shape index (κ3) is 5.59. The van der Waals surface area contributed by atoms with Gasteiger partial charge in [0.15, 0.2) is 0 Å². The molecule has 3 N–H and O–H groups in total. The van der Waals surface area contributed by atoms with Crippen molar-refractivity contribution in [2.24, 2.45) is 0 Å². The predicted octanol–water partition coefficient (Wildman–Crippen LogP) is 1.40. The molecule has 1 aliphatic carbocycles. The second kappa shape index (κ2) is 8.15. The molecule has 0 saturated heterocycles. The summed E-state index contributed by atoms with van der Waals surface area (Å²) < 4.78 is 0. The number of carbonyl (C=O) groups is 1. The number of aliphatic hydroxyl groups is 1. The van der Waals surface area contributed by atoms with Crippen molar-refractivity contribution in [3.05, 3.63) is 35.9 Å². The fourth-order valence-corrected chi connectivity index (χ4v) is 1.91. The molecule has 0 spiro atoms. The third-order valence-corrected chi connectivity index (χ3v) is 3.08. The van der Waals surface area contributed by atoms with Gasteiger partial charge in [0.2, 0.25) is 5.91 Å². The molecule has 0 heterocycles. The summed E-state index contributed by atoms with van der Waals surface area (Å²) in [5.74, 6) is -0.01000. The van der Waals surface area contributed by atoms with Crippen molar-refractivity contribution < 1.29 is 9.90 Å². The SMILES string of the molecule is Cl.O=C(CNC1CC1)NC(CCO)c1ccccc1. The van der Waals surface area contributed by atoms with Crippen LogP contribution in [-0.2, 0) is 4.79 Å². The molecule has 1 saturated carbocycles. The summed E-state index contributed by atoms with van der Waals surface area (Å²) >= 11 is 0. The minimum absolute atomic E-state index is 0. The smallest absolute Gasteiger partial charge is 0.234 e. The Kier molecular flexibility index (Phi) is 6.84. The summed E-state index contributed by atoms with van der Waals surface area (Å²) in [6.07, 6.45) is 2.89. The van der Waals surface area contributed by atoms with Crippen LogP contribution in [-0.4, -0.2) is 30.2 Å². The quantitative estimate of drug-likeness (QED) is 0.709. The van der Waals surface area contributed by atoms with E-state index in [4.69, 9.17) is 5.11 Å². The van der Waals surface area contributed by atoms with Crippen LogP contribution in [0.25, 0.3) is 0 Å². The van der Waals surface area contributed by atoms with Gasteiger partial charge in [-0.3, -0.25) is 4.79 Å². The summed E-state index contributed by atoms with van der Waals surface area (Å²) in [6.45, 7) is 0.426. The summed E-state index contributed by atoms with van der Waals surface area (Å²) in [5.41, 5.74) is 1.03. The number of rotatable bonds is 7. The maximum Gasteiger partial charge on any atom is 0.234 e. The van der Waals surface area contributed by atoms with Crippen molar-refractivity contribution in [1.82, 2.24) is 10.6 Å². The monoisotopic (exact) mass is 284 g/mol. The number of benzene rings is 1. The lowest BCUT2D eigenvalue weighted by Gasteiger charge is -2.18. The van der Waals surface area contributed by atoms with Crippen LogP contribution < -0.4 is 10.6 Å². The molecule has 106 valence electrons. The van der Waals surface area contributed by atoms with E-state index < -0.39 is 0 Å². The van der Waals surface area contributed by atoms with E-state index >= 15 is 0 Å². The van der Waals surface area contributed by atoms with Crippen LogP contribution in [0.2, 0.25) is 0 Å². The van der Waals surface area contributed by atoms with E-state index in [1.165, 1.54) is 12.8 Å². The van der Waals surface area contributed by atoms with Gasteiger partial charge >= 0.3 is 0 Å². The van der Waals surface area contributed by atoms with Gasteiger partial charge in [-0.25, -0.2) is 0 Å². The first-order valence-corrected chi connectivity index (χ1v) is 6.48. The lowest BCUT2D eigenvalue weighted by Crippen LogP contribution is -2.37. The Bertz CT molecular complexity index is 382. The van der Waals surface area contributed by atoms with Crippen molar-refractivity contribution in [1.29, 1.82) is 0 Å². The van der Waals surface area contributed by atoms with E-state index in [9.17, 15) is 4.79 Å². The number of halogens is 1. The zero-order valence-corrected chi connectivity index (χ0v) is 11.7. The topological polar surface area (TPSA) is 61.4 Å². The molecule has 0 aliphatic heterocycles. The highest BCUT2D eigenvalue weighted by Crippen LogP contribution is 2.18. The Morgan fingerprint density at radius 2 is 2.00 bits per heavy atom. The van der Waals surface area contributed by atoms with Gasteiger partial charge in [-0.2, -0.15) is 0 Å². The van der Waals surface area contributed by atoms with Gasteiger partial charge in [0.05, 0.1) is 12.6 Å². The first-order chi connectivity index (χ1) is 8.79. The highest BCUT2D eigenvalue weighted by atomic mass is 35.5. The highest BCUT2D eigenvalue weighted by molar-refractivity contribution is 5.85. The van der Waals surface area contributed by atoms with Crippen LogP contribution >= 0.6 is 12.4 Å². The van der Waals surface area contributed by atoms with E-state index in [1.54, 1.807) is 0 Å². The van der Waals surface area contributed by atoms with Crippen LogP contribution in [0.1, 0.15) is 30.9 Å². The van der Waals surface area contributed by atoms with Gasteiger partial charge in [-0.1, -0.05) is 30.3 Å². The maximum absolute atomic E-state index is 11.8. The lowest BCUT2D eigenvalue weighted by atomic mass is 10.0. The molecule has 1 amide bonds. The van der Waals surface area contributed by atoms with Crippen molar-refractivity contribution in [2.75, 3.05) is 13.2 Å². The highest BCUT2D eigenvalue weighted by Gasteiger charge is 2.22. The average Bonchev–Trinajstić information content (AvgIpc) is 3.21. The second-order valence-electron chi connectivity index (χ2n) is 4.70. The van der Waals surface area contributed by atoms with Crippen molar-refractivity contribution in [3.63, 3.8) is 0 Å². The fourth-order valence-electron chi connectivity index (χ4n) is 1.91. The predicted molar refractivity (Wildman–Crippen MR) is 77.3 cm³/mol. The van der Waals surface area contributed by atoms with Gasteiger partial charge in [-0.15, -0.1) is 12.4 Å². The minimum atomic E-state index is -0.107. The molecule has 2 rings (SSSR count). The second-order valence-corrected chi connectivity index (χ2v) is 4.70. The normalized spacial score (nSPS) is 15.4. The fraction of sp³-hybridized carbons (Fsp3) is 0.500. The molecule has 0 bridgehead atoms. The molecule has 5 heteroatoms. The Morgan fingerprint density at radius 3 is 2.58 bits per heavy atom. The van der Waals surface area contributed by atoms with Gasteiger partial charge < -0.3 is 15.7 Å². The van der Waals surface area contributed by atoms with E-state index in [1.807, 2.05) is 30.3 Å². The molecule has 1 atom stereocenters. The van der Waals surface area contributed by atoms with Crippen LogP contribution in [0.3, 0.4) is 0 Å². The summed E-state index contributed by atoms with van der Waals surface area (Å²) in [4.78, 5) is 11.8.